The number of carbonyl (C=O) groups excluding carboxylic acids is 2. The van der Waals surface area contributed by atoms with E-state index >= 15 is 0 Å². The number of anilines is 1. The van der Waals surface area contributed by atoms with E-state index in [1.165, 1.54) is 5.56 Å². The summed E-state index contributed by atoms with van der Waals surface area (Å²) >= 11 is 0. The van der Waals surface area contributed by atoms with Gasteiger partial charge in [-0.25, -0.2) is 0 Å². The van der Waals surface area contributed by atoms with Crippen molar-refractivity contribution >= 4 is 17.5 Å². The van der Waals surface area contributed by atoms with Crippen LogP contribution in [0, 0.1) is 0 Å². The zero-order valence-corrected chi connectivity index (χ0v) is 13.8. The molecule has 0 bridgehead atoms. The van der Waals surface area contributed by atoms with Gasteiger partial charge >= 0.3 is 0 Å². The Morgan fingerprint density at radius 2 is 2.09 bits per heavy atom. The largest absolute Gasteiger partial charge is 0.383 e. The molecule has 0 spiro atoms. The van der Waals surface area contributed by atoms with Gasteiger partial charge < -0.3 is 15.4 Å². The standard InChI is InChI=1S/C17H25N3O3/c1-13(17(18)22)19(11-12-23-2)9-8-16(21)20-10-7-14-5-3-4-6-15(14)20/h3-6,13H,7-12H2,1-2H3,(H2,18,22). The second-order valence-electron chi connectivity index (χ2n) is 5.78. The molecule has 0 fully saturated rings. The Labute approximate surface area is 137 Å². The van der Waals surface area contributed by atoms with Gasteiger partial charge in [0.25, 0.3) is 0 Å². The minimum atomic E-state index is -0.413. The van der Waals surface area contributed by atoms with Crippen molar-refractivity contribution in [1.29, 1.82) is 0 Å². The lowest BCUT2D eigenvalue weighted by molar-refractivity contribution is -0.124. The second-order valence-corrected chi connectivity index (χ2v) is 5.78. The van der Waals surface area contributed by atoms with E-state index in [1.54, 1.807) is 14.0 Å². The topological polar surface area (TPSA) is 75.9 Å². The van der Waals surface area contributed by atoms with Gasteiger partial charge in [-0.15, -0.1) is 0 Å². The molecule has 2 rings (SSSR count). The minimum Gasteiger partial charge on any atom is -0.383 e. The number of nitrogens with zero attached hydrogens (tertiary/aromatic N) is 2. The van der Waals surface area contributed by atoms with Crippen molar-refractivity contribution < 1.29 is 14.3 Å². The third kappa shape index (κ3) is 4.30. The van der Waals surface area contributed by atoms with Gasteiger partial charge in [-0.1, -0.05) is 18.2 Å². The summed E-state index contributed by atoms with van der Waals surface area (Å²) in [6.45, 7) is 4.04. The Morgan fingerprint density at radius 3 is 2.78 bits per heavy atom. The SMILES string of the molecule is COCCN(CCC(=O)N1CCc2ccccc21)C(C)C(N)=O. The van der Waals surface area contributed by atoms with Gasteiger partial charge in [-0.05, 0) is 25.0 Å². The number of benzene rings is 1. The monoisotopic (exact) mass is 319 g/mol. The van der Waals surface area contributed by atoms with Crippen molar-refractivity contribution in [3.8, 4) is 0 Å². The number of carbonyl (C=O) groups is 2. The lowest BCUT2D eigenvalue weighted by Crippen LogP contribution is -2.45. The Hall–Kier alpha value is -1.92. The van der Waals surface area contributed by atoms with Crippen LogP contribution >= 0.6 is 0 Å². The van der Waals surface area contributed by atoms with Crippen LogP contribution < -0.4 is 10.6 Å². The van der Waals surface area contributed by atoms with Gasteiger partial charge in [0.2, 0.25) is 11.8 Å². The first-order valence-electron chi connectivity index (χ1n) is 7.95. The Bertz CT molecular complexity index is 562. The molecule has 1 atom stereocenters. The summed E-state index contributed by atoms with van der Waals surface area (Å²) in [5, 5.41) is 0. The number of amides is 2. The molecule has 6 heteroatoms. The van der Waals surface area contributed by atoms with E-state index in [4.69, 9.17) is 10.5 Å². The van der Waals surface area contributed by atoms with Crippen LogP contribution in [0.1, 0.15) is 18.9 Å². The zero-order valence-electron chi connectivity index (χ0n) is 13.8. The van der Waals surface area contributed by atoms with Crippen LogP contribution in [0.15, 0.2) is 24.3 Å². The quantitative estimate of drug-likeness (QED) is 0.768. The maximum atomic E-state index is 12.5. The molecule has 0 saturated heterocycles. The van der Waals surface area contributed by atoms with Crippen LogP contribution in [0.3, 0.4) is 0 Å². The molecule has 2 amide bonds. The number of hydrogen-bond acceptors (Lipinski definition) is 4. The molecule has 6 nitrogen and oxygen atoms in total. The van der Waals surface area contributed by atoms with Crippen molar-refractivity contribution in [1.82, 2.24) is 4.90 Å². The van der Waals surface area contributed by atoms with E-state index in [-0.39, 0.29) is 11.8 Å². The molecular formula is C17H25N3O3. The lowest BCUT2D eigenvalue weighted by atomic mass is 10.2. The molecule has 0 aromatic heterocycles. The number of para-hydroxylation sites is 1. The molecule has 1 heterocycles. The van der Waals surface area contributed by atoms with E-state index in [0.29, 0.717) is 26.1 Å². The number of primary amides is 1. The summed E-state index contributed by atoms with van der Waals surface area (Å²) in [6, 6.07) is 7.57. The van der Waals surface area contributed by atoms with Gasteiger partial charge in [0.05, 0.1) is 12.6 Å². The fraction of sp³-hybridized carbons (Fsp3) is 0.529. The van der Waals surface area contributed by atoms with Gasteiger partial charge in [0, 0.05) is 38.9 Å². The van der Waals surface area contributed by atoms with Crippen LogP contribution in [0.25, 0.3) is 0 Å². The summed E-state index contributed by atoms with van der Waals surface area (Å²) in [6.07, 6.45) is 1.25. The minimum absolute atomic E-state index is 0.0778. The van der Waals surface area contributed by atoms with E-state index in [0.717, 1.165) is 18.7 Å². The van der Waals surface area contributed by atoms with E-state index in [9.17, 15) is 9.59 Å². The molecule has 1 aromatic rings. The highest BCUT2D eigenvalue weighted by Crippen LogP contribution is 2.27. The predicted molar refractivity (Wildman–Crippen MR) is 89.2 cm³/mol. The predicted octanol–water partition coefficient (Wildman–Crippen LogP) is 0.788. The molecule has 2 N–H and O–H groups in total. The molecule has 0 aliphatic carbocycles. The first-order chi connectivity index (χ1) is 11.0. The fourth-order valence-electron chi connectivity index (χ4n) is 2.86. The van der Waals surface area contributed by atoms with E-state index in [1.807, 2.05) is 28.0 Å². The first-order valence-corrected chi connectivity index (χ1v) is 7.95. The van der Waals surface area contributed by atoms with Crippen molar-refractivity contribution in [2.45, 2.75) is 25.8 Å². The Balaban J connectivity index is 1.95. The number of ether oxygens (including phenoxy) is 1. The van der Waals surface area contributed by atoms with Crippen LogP contribution in [0.4, 0.5) is 5.69 Å². The van der Waals surface area contributed by atoms with Crippen molar-refractivity contribution in [2.75, 3.05) is 38.3 Å². The fourth-order valence-corrected chi connectivity index (χ4v) is 2.86. The van der Waals surface area contributed by atoms with Gasteiger partial charge in [0.15, 0.2) is 0 Å². The second kappa shape index (κ2) is 8.08. The average molecular weight is 319 g/mol. The van der Waals surface area contributed by atoms with Gasteiger partial charge in [-0.2, -0.15) is 0 Å². The molecular weight excluding hydrogens is 294 g/mol. The van der Waals surface area contributed by atoms with Gasteiger partial charge in [0.1, 0.15) is 0 Å². The highest BCUT2D eigenvalue weighted by atomic mass is 16.5. The summed E-state index contributed by atoms with van der Waals surface area (Å²) in [4.78, 5) is 27.7. The van der Waals surface area contributed by atoms with E-state index < -0.39 is 6.04 Å². The highest BCUT2D eigenvalue weighted by molar-refractivity contribution is 5.95. The normalized spacial score (nSPS) is 14.8. The van der Waals surface area contributed by atoms with Gasteiger partial charge in [-0.3, -0.25) is 14.5 Å². The van der Waals surface area contributed by atoms with E-state index in [2.05, 4.69) is 6.07 Å². The van der Waals surface area contributed by atoms with Crippen molar-refractivity contribution in [3.05, 3.63) is 29.8 Å². The van der Waals surface area contributed by atoms with Crippen LogP contribution in [-0.4, -0.2) is 56.1 Å². The van der Waals surface area contributed by atoms with Crippen molar-refractivity contribution in [2.24, 2.45) is 5.73 Å². The van der Waals surface area contributed by atoms with Crippen LogP contribution in [0.2, 0.25) is 0 Å². The summed E-state index contributed by atoms with van der Waals surface area (Å²) in [5.41, 5.74) is 7.60. The number of hydrogen-bond donors (Lipinski definition) is 1. The molecule has 23 heavy (non-hydrogen) atoms. The maximum absolute atomic E-state index is 12.5. The number of rotatable bonds is 8. The molecule has 0 saturated carbocycles. The summed E-state index contributed by atoms with van der Waals surface area (Å²) < 4.78 is 5.07. The molecule has 1 unspecified atom stereocenters. The summed E-state index contributed by atoms with van der Waals surface area (Å²) in [7, 11) is 1.61. The van der Waals surface area contributed by atoms with Crippen molar-refractivity contribution in [3.63, 3.8) is 0 Å². The number of nitrogens with two attached hydrogens (primary N) is 1. The first kappa shape index (κ1) is 17.4. The zero-order chi connectivity index (χ0) is 16.8. The lowest BCUT2D eigenvalue weighted by Gasteiger charge is -2.27. The third-order valence-electron chi connectivity index (χ3n) is 4.34. The molecule has 126 valence electrons. The molecule has 1 aliphatic heterocycles. The Morgan fingerprint density at radius 1 is 1.35 bits per heavy atom. The number of fused-ring (bicyclic) bond motifs is 1. The van der Waals surface area contributed by atoms with Crippen LogP contribution in [0.5, 0.6) is 0 Å². The smallest absolute Gasteiger partial charge is 0.234 e. The Kier molecular flexibility index (Phi) is 6.12. The average Bonchev–Trinajstić information content (AvgIpc) is 2.98. The summed E-state index contributed by atoms with van der Waals surface area (Å²) in [5.74, 6) is -0.311. The molecule has 1 aromatic carbocycles. The molecule has 1 aliphatic rings. The number of methoxy groups -OCH3 is 1. The maximum Gasteiger partial charge on any atom is 0.234 e. The third-order valence-corrected chi connectivity index (χ3v) is 4.34. The highest BCUT2D eigenvalue weighted by Gasteiger charge is 2.25. The van der Waals surface area contributed by atoms with Crippen LogP contribution in [-0.2, 0) is 20.7 Å². The molecule has 0 radical (unpaired) electrons.